The minimum atomic E-state index is -0.176. The Morgan fingerprint density at radius 2 is 2.04 bits per heavy atom. The van der Waals surface area contributed by atoms with Crippen LogP contribution in [-0.2, 0) is 17.8 Å². The molecule has 1 aliphatic heterocycles. The van der Waals surface area contributed by atoms with Gasteiger partial charge in [0.25, 0.3) is 0 Å². The van der Waals surface area contributed by atoms with Crippen LogP contribution >= 0.6 is 0 Å². The number of fused-ring (bicyclic) bond motifs is 1. The van der Waals surface area contributed by atoms with Crippen LogP contribution in [0.15, 0.2) is 34.7 Å². The van der Waals surface area contributed by atoms with Crippen molar-refractivity contribution in [3.63, 3.8) is 0 Å². The number of furan rings is 1. The molecule has 3 rings (SSSR count). The number of hydrogen-bond donors (Lipinski definition) is 1. The number of carbonyl (C=O) groups excluding carboxylic acids is 2. The Morgan fingerprint density at radius 3 is 2.74 bits per heavy atom. The van der Waals surface area contributed by atoms with Gasteiger partial charge in [-0.3, -0.25) is 4.79 Å². The lowest BCUT2D eigenvalue weighted by Crippen LogP contribution is -2.35. The van der Waals surface area contributed by atoms with E-state index in [1.165, 1.54) is 4.90 Å². The van der Waals surface area contributed by atoms with Crippen molar-refractivity contribution in [1.82, 2.24) is 9.80 Å². The predicted molar refractivity (Wildman–Crippen MR) is 105 cm³/mol. The second kappa shape index (κ2) is 7.86. The number of rotatable bonds is 4. The van der Waals surface area contributed by atoms with E-state index in [0.717, 1.165) is 29.1 Å². The fourth-order valence-electron chi connectivity index (χ4n) is 3.15. The zero-order valence-corrected chi connectivity index (χ0v) is 16.4. The molecule has 1 aromatic heterocycles. The first kappa shape index (κ1) is 19.0. The highest BCUT2D eigenvalue weighted by Crippen LogP contribution is 2.31. The van der Waals surface area contributed by atoms with Gasteiger partial charge in [-0.1, -0.05) is 26.0 Å². The maximum absolute atomic E-state index is 12.3. The van der Waals surface area contributed by atoms with Crippen molar-refractivity contribution < 1.29 is 14.0 Å². The summed E-state index contributed by atoms with van der Waals surface area (Å²) in [5, 5.41) is 2.85. The molecule has 2 heterocycles. The highest BCUT2D eigenvalue weighted by Gasteiger charge is 2.24. The predicted octanol–water partition coefficient (Wildman–Crippen LogP) is 3.97. The lowest BCUT2D eigenvalue weighted by Gasteiger charge is -2.26. The van der Waals surface area contributed by atoms with Gasteiger partial charge in [0.15, 0.2) is 0 Å². The normalized spacial score (nSPS) is 13.4. The van der Waals surface area contributed by atoms with Crippen molar-refractivity contribution in [2.75, 3.05) is 26.0 Å². The van der Waals surface area contributed by atoms with E-state index in [0.29, 0.717) is 31.1 Å². The van der Waals surface area contributed by atoms with Crippen molar-refractivity contribution in [2.45, 2.75) is 33.2 Å². The number of nitrogens with zero attached hydrogens (tertiary/aromatic N) is 2. The molecule has 0 bridgehead atoms. The molecule has 1 aromatic carbocycles. The molecule has 0 unspecified atom stereocenters. The van der Waals surface area contributed by atoms with Crippen LogP contribution in [0.4, 0.5) is 10.5 Å². The average Bonchev–Trinajstić information content (AvgIpc) is 3.04. The van der Waals surface area contributed by atoms with E-state index in [1.807, 2.05) is 35.2 Å². The smallest absolute Gasteiger partial charge is 0.321 e. The fraction of sp³-hybridized carbons (Fsp3) is 0.429. The topological polar surface area (TPSA) is 65.8 Å². The molecule has 144 valence electrons. The zero-order valence-electron chi connectivity index (χ0n) is 16.4. The highest BCUT2D eigenvalue weighted by atomic mass is 16.3. The Bertz CT molecular complexity index is 839. The van der Waals surface area contributed by atoms with Crippen LogP contribution in [0.2, 0.25) is 0 Å². The molecule has 0 atom stereocenters. The molecule has 0 saturated carbocycles. The number of amides is 3. The molecule has 0 spiro atoms. The first-order valence-electron chi connectivity index (χ1n) is 9.31. The third kappa shape index (κ3) is 4.51. The molecule has 6 nitrogen and oxygen atoms in total. The number of carbonyl (C=O) groups is 2. The van der Waals surface area contributed by atoms with E-state index in [4.69, 9.17) is 4.42 Å². The minimum Gasteiger partial charge on any atom is -0.461 e. The van der Waals surface area contributed by atoms with Crippen LogP contribution in [0.25, 0.3) is 11.3 Å². The summed E-state index contributed by atoms with van der Waals surface area (Å²) in [6, 6.07) is 9.42. The summed E-state index contributed by atoms with van der Waals surface area (Å²) in [5.74, 6) is 2.27. The van der Waals surface area contributed by atoms with Gasteiger partial charge in [-0.15, -0.1) is 0 Å². The Kier molecular flexibility index (Phi) is 5.54. The summed E-state index contributed by atoms with van der Waals surface area (Å²) in [5.41, 5.74) is 2.69. The summed E-state index contributed by atoms with van der Waals surface area (Å²) in [6.45, 7) is 5.42. The minimum absolute atomic E-state index is 0.176. The van der Waals surface area contributed by atoms with Crippen molar-refractivity contribution in [1.29, 1.82) is 0 Å². The SMILES string of the molecule is CC(C)CC(=O)N1CCc2oc(-c3cccc(NC(=O)N(C)C)c3)cc2C1. The molecule has 1 N–H and O–H groups in total. The van der Waals surface area contributed by atoms with Crippen molar-refractivity contribution in [3.05, 3.63) is 41.7 Å². The van der Waals surface area contributed by atoms with Crippen LogP contribution < -0.4 is 5.32 Å². The van der Waals surface area contributed by atoms with E-state index in [1.54, 1.807) is 14.1 Å². The standard InChI is InChI=1S/C21H27N3O3/c1-14(2)10-20(25)24-9-8-18-16(13-24)12-19(27-18)15-6-5-7-17(11-15)22-21(26)23(3)4/h5-7,11-12,14H,8-10,13H2,1-4H3,(H,22,26). The third-order valence-corrected chi connectivity index (χ3v) is 4.61. The lowest BCUT2D eigenvalue weighted by molar-refractivity contribution is -0.132. The van der Waals surface area contributed by atoms with Crippen LogP contribution in [-0.4, -0.2) is 42.4 Å². The molecule has 6 heteroatoms. The fourth-order valence-corrected chi connectivity index (χ4v) is 3.15. The Hall–Kier alpha value is -2.76. The molecule has 1 aliphatic rings. The number of nitrogens with one attached hydrogen (secondary N) is 1. The summed E-state index contributed by atoms with van der Waals surface area (Å²) >= 11 is 0. The number of benzene rings is 1. The summed E-state index contributed by atoms with van der Waals surface area (Å²) < 4.78 is 6.05. The Labute approximate surface area is 160 Å². The number of urea groups is 1. The second-order valence-corrected chi connectivity index (χ2v) is 7.63. The molecule has 0 saturated heterocycles. The molecular formula is C21H27N3O3. The van der Waals surface area contributed by atoms with E-state index >= 15 is 0 Å². The van der Waals surface area contributed by atoms with Gasteiger partial charge in [-0.2, -0.15) is 0 Å². The van der Waals surface area contributed by atoms with E-state index in [9.17, 15) is 9.59 Å². The molecule has 0 aliphatic carbocycles. The first-order chi connectivity index (χ1) is 12.8. The van der Waals surface area contributed by atoms with E-state index in [-0.39, 0.29) is 11.9 Å². The van der Waals surface area contributed by atoms with Crippen LogP contribution in [0, 0.1) is 5.92 Å². The van der Waals surface area contributed by atoms with Gasteiger partial charge in [-0.25, -0.2) is 4.79 Å². The van der Waals surface area contributed by atoms with E-state index < -0.39 is 0 Å². The third-order valence-electron chi connectivity index (χ3n) is 4.61. The van der Waals surface area contributed by atoms with Crippen LogP contribution in [0.3, 0.4) is 0 Å². The van der Waals surface area contributed by atoms with Gasteiger partial charge in [0.05, 0.1) is 0 Å². The van der Waals surface area contributed by atoms with Gasteiger partial charge in [0.1, 0.15) is 11.5 Å². The van der Waals surface area contributed by atoms with Gasteiger partial charge < -0.3 is 19.5 Å². The number of hydrogen-bond acceptors (Lipinski definition) is 3. The van der Waals surface area contributed by atoms with Gasteiger partial charge in [0.2, 0.25) is 5.91 Å². The molecular weight excluding hydrogens is 342 g/mol. The summed E-state index contributed by atoms with van der Waals surface area (Å²) in [4.78, 5) is 27.6. The lowest BCUT2D eigenvalue weighted by atomic mass is 10.0. The Balaban J connectivity index is 1.76. The summed E-state index contributed by atoms with van der Waals surface area (Å²) in [7, 11) is 3.40. The van der Waals surface area contributed by atoms with E-state index in [2.05, 4.69) is 19.2 Å². The molecule has 2 aromatic rings. The average molecular weight is 369 g/mol. The van der Waals surface area contributed by atoms with Crippen molar-refractivity contribution in [2.24, 2.45) is 5.92 Å². The second-order valence-electron chi connectivity index (χ2n) is 7.63. The van der Waals surface area contributed by atoms with Gasteiger partial charge in [-0.05, 0) is 24.1 Å². The maximum atomic E-state index is 12.3. The van der Waals surface area contributed by atoms with Crippen molar-refractivity contribution >= 4 is 17.6 Å². The van der Waals surface area contributed by atoms with Crippen LogP contribution in [0.5, 0.6) is 0 Å². The van der Waals surface area contributed by atoms with Crippen LogP contribution in [0.1, 0.15) is 31.6 Å². The highest BCUT2D eigenvalue weighted by molar-refractivity contribution is 5.89. The molecule has 27 heavy (non-hydrogen) atoms. The zero-order chi connectivity index (χ0) is 19.6. The molecule has 0 radical (unpaired) electrons. The van der Waals surface area contributed by atoms with Gasteiger partial charge >= 0.3 is 6.03 Å². The number of anilines is 1. The quantitative estimate of drug-likeness (QED) is 0.887. The summed E-state index contributed by atoms with van der Waals surface area (Å²) in [6.07, 6.45) is 1.31. The largest absolute Gasteiger partial charge is 0.461 e. The van der Waals surface area contributed by atoms with Crippen molar-refractivity contribution in [3.8, 4) is 11.3 Å². The molecule has 3 amide bonds. The van der Waals surface area contributed by atoms with Gasteiger partial charge in [0, 0.05) is 56.8 Å². The Morgan fingerprint density at radius 1 is 1.26 bits per heavy atom. The monoisotopic (exact) mass is 369 g/mol. The first-order valence-corrected chi connectivity index (χ1v) is 9.31. The maximum Gasteiger partial charge on any atom is 0.321 e. The molecule has 0 fully saturated rings.